The Labute approximate surface area is 159 Å². The first-order valence-corrected chi connectivity index (χ1v) is 7.96. The van der Waals surface area contributed by atoms with Crippen molar-refractivity contribution < 1.29 is 10.0 Å². The number of phenols is 1. The van der Waals surface area contributed by atoms with Crippen LogP contribution < -0.4 is 5.32 Å². The number of nitro benzene ring substituents is 1. The van der Waals surface area contributed by atoms with Gasteiger partial charge in [-0.05, 0) is 18.4 Å². The Bertz CT molecular complexity index is 656. The maximum Gasteiger partial charge on any atom is 0.312 e. The molecule has 1 aromatic rings. The third-order valence-corrected chi connectivity index (χ3v) is 4.65. The van der Waals surface area contributed by atoms with Crippen LogP contribution in [0.2, 0.25) is 0 Å². The number of nitrogens with one attached hydrogen (secondary N) is 1. The first-order valence-electron chi connectivity index (χ1n) is 7.96. The average Bonchev–Trinajstić information content (AvgIpc) is 3.38. The van der Waals surface area contributed by atoms with Crippen LogP contribution in [0.25, 0.3) is 0 Å². The van der Waals surface area contributed by atoms with Crippen molar-refractivity contribution in [3.63, 3.8) is 0 Å². The molecule has 0 amide bonds. The van der Waals surface area contributed by atoms with Gasteiger partial charge in [0, 0.05) is 43.9 Å². The van der Waals surface area contributed by atoms with E-state index in [1.807, 2.05) is 6.07 Å². The van der Waals surface area contributed by atoms with E-state index in [2.05, 4.69) is 10.2 Å². The number of nitro groups is 1. The summed E-state index contributed by atoms with van der Waals surface area (Å²) in [6.07, 6.45) is 3.21. The van der Waals surface area contributed by atoms with Gasteiger partial charge in [-0.2, -0.15) is 5.26 Å². The molecular formula is C16H22Cl2N4O3. The van der Waals surface area contributed by atoms with Crippen molar-refractivity contribution in [1.29, 1.82) is 5.26 Å². The molecule has 138 valence electrons. The molecule has 3 rings (SSSR count). The van der Waals surface area contributed by atoms with Crippen LogP contribution in [-0.4, -0.2) is 41.1 Å². The lowest BCUT2D eigenvalue weighted by molar-refractivity contribution is -0.386. The van der Waals surface area contributed by atoms with E-state index in [1.54, 1.807) is 6.07 Å². The number of phenolic OH excluding ortho intramolecular Hbond substituents is 1. The summed E-state index contributed by atoms with van der Waals surface area (Å²) in [6.45, 7) is 3.40. The van der Waals surface area contributed by atoms with Crippen LogP contribution in [0, 0.1) is 27.4 Å². The SMILES string of the molecule is Cl.Cl.N#Cc1cc([C@H](CC2CC2)N2CCNCC2)c(O)c([N+](=O)[O-])c1. The minimum absolute atomic E-state index is 0. The molecule has 9 heteroatoms. The Morgan fingerprint density at radius 3 is 2.52 bits per heavy atom. The molecule has 1 aliphatic carbocycles. The number of halogens is 2. The van der Waals surface area contributed by atoms with E-state index in [1.165, 1.54) is 12.8 Å². The van der Waals surface area contributed by atoms with Crippen LogP contribution in [0.5, 0.6) is 5.75 Å². The van der Waals surface area contributed by atoms with Crippen LogP contribution in [0.4, 0.5) is 5.69 Å². The monoisotopic (exact) mass is 388 g/mol. The summed E-state index contributed by atoms with van der Waals surface area (Å²) in [7, 11) is 0. The number of rotatable bonds is 5. The molecule has 1 atom stereocenters. The van der Waals surface area contributed by atoms with E-state index >= 15 is 0 Å². The normalized spacial score (nSPS) is 18.4. The number of nitriles is 1. The van der Waals surface area contributed by atoms with Gasteiger partial charge < -0.3 is 10.4 Å². The number of hydrogen-bond acceptors (Lipinski definition) is 6. The predicted octanol–water partition coefficient (Wildman–Crippen LogP) is 2.76. The molecule has 7 nitrogen and oxygen atoms in total. The van der Waals surface area contributed by atoms with E-state index in [0.717, 1.165) is 38.7 Å². The second-order valence-electron chi connectivity index (χ2n) is 6.28. The maximum absolute atomic E-state index is 11.2. The second kappa shape index (κ2) is 9.20. The molecule has 2 aliphatic rings. The van der Waals surface area contributed by atoms with Crippen LogP contribution >= 0.6 is 24.8 Å². The molecule has 2 fully saturated rings. The minimum Gasteiger partial charge on any atom is -0.502 e. The van der Waals surface area contributed by atoms with Gasteiger partial charge in [0.1, 0.15) is 0 Å². The molecule has 2 N–H and O–H groups in total. The van der Waals surface area contributed by atoms with Gasteiger partial charge >= 0.3 is 5.69 Å². The lowest BCUT2D eigenvalue weighted by Crippen LogP contribution is -2.45. The lowest BCUT2D eigenvalue weighted by Gasteiger charge is -2.35. The molecule has 0 bridgehead atoms. The molecule has 1 saturated carbocycles. The predicted molar refractivity (Wildman–Crippen MR) is 98.5 cm³/mol. The van der Waals surface area contributed by atoms with Gasteiger partial charge in [-0.25, -0.2) is 0 Å². The standard InChI is InChI=1S/C16H20N4O3.2ClH/c17-10-12-7-13(16(21)15(9-12)20(22)23)14(8-11-1-2-11)19-5-3-18-4-6-19;;/h7,9,11,14,18,21H,1-6,8H2;2*1H/t14-;;/m0../s1. The number of nitrogens with zero attached hydrogens (tertiary/aromatic N) is 3. The van der Waals surface area contributed by atoms with Crippen LogP contribution in [-0.2, 0) is 0 Å². The van der Waals surface area contributed by atoms with Gasteiger partial charge in [0.2, 0.25) is 0 Å². The van der Waals surface area contributed by atoms with E-state index in [-0.39, 0.29) is 47.9 Å². The zero-order valence-electron chi connectivity index (χ0n) is 13.7. The third kappa shape index (κ3) is 4.95. The molecule has 1 aliphatic heterocycles. The summed E-state index contributed by atoms with van der Waals surface area (Å²) in [5, 5.41) is 34.1. The number of hydrogen-bond donors (Lipinski definition) is 2. The zero-order valence-corrected chi connectivity index (χ0v) is 15.3. The Morgan fingerprint density at radius 1 is 1.36 bits per heavy atom. The van der Waals surface area contributed by atoms with Crippen LogP contribution in [0.1, 0.15) is 36.4 Å². The number of benzene rings is 1. The topological polar surface area (TPSA) is 102 Å². The minimum atomic E-state index is -0.619. The maximum atomic E-state index is 11.2. The molecule has 0 radical (unpaired) electrons. The molecule has 0 spiro atoms. The van der Waals surface area contributed by atoms with Gasteiger partial charge in [-0.1, -0.05) is 12.8 Å². The highest BCUT2D eigenvalue weighted by Crippen LogP contribution is 2.44. The highest BCUT2D eigenvalue weighted by molar-refractivity contribution is 5.85. The molecule has 0 aromatic heterocycles. The first-order chi connectivity index (χ1) is 11.1. The first kappa shape index (κ1) is 21.5. The second-order valence-corrected chi connectivity index (χ2v) is 6.28. The summed E-state index contributed by atoms with van der Waals surface area (Å²) in [5.74, 6) is 0.317. The Morgan fingerprint density at radius 2 is 2.00 bits per heavy atom. The fourth-order valence-electron chi connectivity index (χ4n) is 3.23. The number of aromatic hydroxyl groups is 1. The molecule has 25 heavy (non-hydrogen) atoms. The van der Waals surface area contributed by atoms with Gasteiger partial charge in [0.25, 0.3) is 0 Å². The van der Waals surface area contributed by atoms with Gasteiger partial charge in [-0.15, -0.1) is 24.8 Å². The summed E-state index contributed by atoms with van der Waals surface area (Å²) >= 11 is 0. The smallest absolute Gasteiger partial charge is 0.312 e. The highest BCUT2D eigenvalue weighted by atomic mass is 35.5. The number of piperazine rings is 1. The van der Waals surface area contributed by atoms with E-state index in [4.69, 9.17) is 5.26 Å². The zero-order chi connectivity index (χ0) is 16.4. The van der Waals surface area contributed by atoms with Crippen molar-refractivity contribution >= 4 is 30.5 Å². The van der Waals surface area contributed by atoms with Crippen molar-refractivity contribution in [2.45, 2.75) is 25.3 Å². The Balaban J connectivity index is 0.00000156. The third-order valence-electron chi connectivity index (χ3n) is 4.65. The van der Waals surface area contributed by atoms with Crippen molar-refractivity contribution in [2.24, 2.45) is 5.92 Å². The van der Waals surface area contributed by atoms with Gasteiger partial charge in [0.05, 0.1) is 16.6 Å². The quantitative estimate of drug-likeness (QED) is 0.593. The molecule has 1 saturated heterocycles. The van der Waals surface area contributed by atoms with Crippen molar-refractivity contribution in [1.82, 2.24) is 10.2 Å². The molecular weight excluding hydrogens is 367 g/mol. The Kier molecular flexibility index (Phi) is 7.90. The molecule has 1 heterocycles. The van der Waals surface area contributed by atoms with Crippen LogP contribution in [0.3, 0.4) is 0 Å². The summed E-state index contributed by atoms with van der Waals surface area (Å²) in [4.78, 5) is 12.8. The highest BCUT2D eigenvalue weighted by Gasteiger charge is 2.34. The van der Waals surface area contributed by atoms with Gasteiger partial charge in [-0.3, -0.25) is 15.0 Å². The van der Waals surface area contributed by atoms with Crippen molar-refractivity contribution in [3.8, 4) is 11.8 Å². The Hall–Kier alpha value is -1.59. The summed E-state index contributed by atoms with van der Waals surface area (Å²) < 4.78 is 0. The summed E-state index contributed by atoms with van der Waals surface area (Å²) in [5.41, 5.74) is 0.361. The van der Waals surface area contributed by atoms with Gasteiger partial charge in [0.15, 0.2) is 5.75 Å². The van der Waals surface area contributed by atoms with E-state index in [0.29, 0.717) is 11.5 Å². The van der Waals surface area contributed by atoms with Crippen molar-refractivity contribution in [3.05, 3.63) is 33.4 Å². The lowest BCUT2D eigenvalue weighted by atomic mass is 9.95. The average molecular weight is 389 g/mol. The van der Waals surface area contributed by atoms with Crippen molar-refractivity contribution in [2.75, 3.05) is 26.2 Å². The fourth-order valence-corrected chi connectivity index (χ4v) is 3.23. The largest absolute Gasteiger partial charge is 0.502 e. The summed E-state index contributed by atoms with van der Waals surface area (Å²) in [6, 6.07) is 4.65. The van der Waals surface area contributed by atoms with Crippen LogP contribution in [0.15, 0.2) is 12.1 Å². The molecule has 1 aromatic carbocycles. The molecule has 0 unspecified atom stereocenters. The fraction of sp³-hybridized carbons (Fsp3) is 0.562. The van der Waals surface area contributed by atoms with E-state index in [9.17, 15) is 15.2 Å². The van der Waals surface area contributed by atoms with E-state index < -0.39 is 4.92 Å².